The van der Waals surface area contributed by atoms with Crippen LogP contribution in [-0.4, -0.2) is 39.6 Å². The summed E-state index contributed by atoms with van der Waals surface area (Å²) < 4.78 is 6.47. The van der Waals surface area contributed by atoms with E-state index in [1.807, 2.05) is 52.0 Å². The lowest BCUT2D eigenvalue weighted by Gasteiger charge is -2.39. The van der Waals surface area contributed by atoms with Gasteiger partial charge in [-0.05, 0) is 39.3 Å². The second kappa shape index (κ2) is 11.5. The van der Waals surface area contributed by atoms with Crippen molar-refractivity contribution >= 4 is 41.0 Å². The molecule has 2 atom stereocenters. The van der Waals surface area contributed by atoms with Crippen molar-refractivity contribution < 1.29 is 14.6 Å². The summed E-state index contributed by atoms with van der Waals surface area (Å²) >= 11 is 12.9. The third-order valence-electron chi connectivity index (χ3n) is 6.09. The number of halogens is 2. The van der Waals surface area contributed by atoms with Gasteiger partial charge in [0.15, 0.2) is 0 Å². The lowest BCUT2D eigenvalue weighted by molar-refractivity contribution is -0.124. The molecular formula is C27H32Cl2N4O3. The molecule has 0 spiro atoms. The minimum Gasteiger partial charge on any atom is -0.493 e. The number of carbonyl (C=O) groups excluding carboxylic acids is 1. The fourth-order valence-electron chi connectivity index (χ4n) is 4.11. The Hall–Kier alpha value is -2.74. The quantitative estimate of drug-likeness (QED) is 0.414. The van der Waals surface area contributed by atoms with Crippen molar-refractivity contribution in [2.24, 2.45) is 15.9 Å². The highest BCUT2D eigenvalue weighted by atomic mass is 35.5. The number of carbonyl (C=O) groups is 1. The molecule has 7 nitrogen and oxygen atoms in total. The number of hydrogen-bond acceptors (Lipinski definition) is 6. The summed E-state index contributed by atoms with van der Waals surface area (Å²) in [6, 6.07) is -0.348. The van der Waals surface area contributed by atoms with Crippen LogP contribution in [0.2, 0.25) is 5.02 Å². The number of fused-ring (bicyclic) bond motifs is 1. The predicted octanol–water partition coefficient (Wildman–Crippen LogP) is 5.81. The zero-order chi connectivity index (χ0) is 26.6. The molecule has 0 saturated heterocycles. The molecule has 2 N–H and O–H groups in total. The Morgan fingerprint density at radius 1 is 1.39 bits per heavy atom. The topological polar surface area (TPSA) is 96.2 Å². The molecule has 0 radical (unpaired) electrons. The number of hydrogen-bond donors (Lipinski definition) is 2. The van der Waals surface area contributed by atoms with Crippen LogP contribution in [0.4, 0.5) is 0 Å². The minimum atomic E-state index is -0.827. The van der Waals surface area contributed by atoms with Gasteiger partial charge in [-0.25, -0.2) is 4.98 Å². The molecule has 0 saturated carbocycles. The van der Waals surface area contributed by atoms with E-state index in [0.717, 1.165) is 16.9 Å². The molecule has 0 fully saturated rings. The molecule has 2 aliphatic rings. The van der Waals surface area contributed by atoms with Crippen LogP contribution in [0.5, 0.6) is 5.88 Å². The van der Waals surface area contributed by atoms with E-state index in [1.165, 1.54) is 6.20 Å². The summed E-state index contributed by atoms with van der Waals surface area (Å²) in [7, 11) is 0. The monoisotopic (exact) mass is 530 g/mol. The van der Waals surface area contributed by atoms with Crippen LogP contribution in [0, 0.1) is 5.92 Å². The first-order valence-electron chi connectivity index (χ1n) is 11.8. The van der Waals surface area contributed by atoms with Gasteiger partial charge in [-0.3, -0.25) is 14.8 Å². The Bertz CT molecular complexity index is 1220. The number of amides is 1. The third-order valence-corrected chi connectivity index (χ3v) is 6.60. The van der Waals surface area contributed by atoms with E-state index < -0.39 is 5.60 Å². The summed E-state index contributed by atoms with van der Waals surface area (Å²) in [5, 5.41) is 14.2. The van der Waals surface area contributed by atoms with E-state index in [2.05, 4.69) is 15.3 Å². The molecule has 0 bridgehead atoms. The SMILES string of the molecule is C/C=N\C(C1=CC(C)=NC2C1=CC=CC2(C)OCc1c(Cl)cnc(O)c1CNC(=O)C(C)C)=C(/C)Cl. The van der Waals surface area contributed by atoms with Crippen molar-refractivity contribution in [1.29, 1.82) is 0 Å². The highest BCUT2D eigenvalue weighted by molar-refractivity contribution is 6.31. The molecule has 2 heterocycles. The van der Waals surface area contributed by atoms with Crippen molar-refractivity contribution in [3.05, 3.63) is 68.5 Å². The lowest BCUT2D eigenvalue weighted by atomic mass is 9.79. The largest absolute Gasteiger partial charge is 0.493 e. The van der Waals surface area contributed by atoms with Crippen LogP contribution in [0.1, 0.15) is 52.7 Å². The summed E-state index contributed by atoms with van der Waals surface area (Å²) in [6.07, 6.45) is 11.0. The molecule has 1 aliphatic carbocycles. The summed E-state index contributed by atoms with van der Waals surface area (Å²) in [5.41, 5.74) is 3.50. The Kier molecular flexibility index (Phi) is 8.93. The first kappa shape index (κ1) is 27.8. The van der Waals surface area contributed by atoms with Crippen molar-refractivity contribution in [3.8, 4) is 5.88 Å². The van der Waals surface area contributed by atoms with Crippen molar-refractivity contribution in [2.45, 2.75) is 66.3 Å². The van der Waals surface area contributed by atoms with Crippen molar-refractivity contribution in [1.82, 2.24) is 10.3 Å². The van der Waals surface area contributed by atoms with Gasteiger partial charge >= 0.3 is 0 Å². The number of aromatic hydroxyl groups is 1. The van der Waals surface area contributed by atoms with Gasteiger partial charge in [0.2, 0.25) is 11.8 Å². The number of ether oxygens (including phenoxy) is 1. The molecule has 1 aromatic heterocycles. The van der Waals surface area contributed by atoms with Crippen molar-refractivity contribution in [3.63, 3.8) is 0 Å². The average molecular weight is 531 g/mol. The zero-order valence-electron chi connectivity index (χ0n) is 21.4. The van der Waals surface area contributed by atoms with Gasteiger partial charge < -0.3 is 15.2 Å². The van der Waals surface area contributed by atoms with Gasteiger partial charge in [0.1, 0.15) is 11.6 Å². The molecular weight excluding hydrogens is 499 g/mol. The van der Waals surface area contributed by atoms with E-state index in [1.54, 1.807) is 20.1 Å². The van der Waals surface area contributed by atoms with E-state index >= 15 is 0 Å². The first-order valence-corrected chi connectivity index (χ1v) is 12.5. The highest BCUT2D eigenvalue weighted by Crippen LogP contribution is 2.40. The summed E-state index contributed by atoms with van der Waals surface area (Å²) in [5.74, 6) is -0.538. The zero-order valence-corrected chi connectivity index (χ0v) is 22.9. The Balaban J connectivity index is 1.92. The first-order chi connectivity index (χ1) is 17.0. The molecule has 1 aliphatic heterocycles. The second-order valence-corrected chi connectivity index (χ2v) is 10.2. The Morgan fingerprint density at radius 2 is 2.11 bits per heavy atom. The van der Waals surface area contributed by atoms with E-state index in [0.29, 0.717) is 26.9 Å². The van der Waals surface area contributed by atoms with Gasteiger partial charge in [-0.15, -0.1) is 0 Å². The minimum absolute atomic E-state index is 0.0738. The van der Waals surface area contributed by atoms with Gasteiger partial charge in [-0.2, -0.15) is 0 Å². The number of dihydropyridines is 1. The normalized spacial score (nSPS) is 22.1. The van der Waals surface area contributed by atoms with Crippen LogP contribution in [-0.2, 0) is 22.7 Å². The van der Waals surface area contributed by atoms with Gasteiger partial charge in [-0.1, -0.05) is 55.3 Å². The molecule has 9 heteroatoms. The molecule has 192 valence electrons. The lowest BCUT2D eigenvalue weighted by Crippen LogP contribution is -2.44. The van der Waals surface area contributed by atoms with Crippen molar-refractivity contribution in [2.75, 3.05) is 0 Å². The Morgan fingerprint density at radius 3 is 2.75 bits per heavy atom. The standard InChI is InChI=1S/C27H32Cl2N4O3/c1-7-30-23(17(5)28)19-11-16(4)33-24-18(19)9-8-10-27(24,6)36-14-21-20(12-31-25(34)15(2)3)26(35)32-13-22(21)29/h7-11,13,15,24H,12,14H2,1-6H3,(H,31,34)(H,32,35)/b23-17+,30-7-. The maximum absolute atomic E-state index is 12.1. The van der Waals surface area contributed by atoms with Crippen LogP contribution < -0.4 is 5.32 Å². The van der Waals surface area contributed by atoms with Gasteiger partial charge in [0.25, 0.3) is 0 Å². The molecule has 3 rings (SSSR count). The maximum atomic E-state index is 12.1. The predicted molar refractivity (Wildman–Crippen MR) is 146 cm³/mol. The number of nitrogens with zero attached hydrogens (tertiary/aromatic N) is 3. The molecule has 0 aromatic carbocycles. The fourth-order valence-corrected chi connectivity index (χ4v) is 4.48. The third kappa shape index (κ3) is 5.97. The number of rotatable bonds is 8. The summed E-state index contributed by atoms with van der Waals surface area (Å²) in [6.45, 7) is 11.3. The van der Waals surface area contributed by atoms with E-state index in [9.17, 15) is 9.90 Å². The second-order valence-electron chi connectivity index (χ2n) is 9.21. The van der Waals surface area contributed by atoms with E-state index in [4.69, 9.17) is 32.9 Å². The number of aromatic nitrogens is 1. The number of aliphatic imine (C=N–C) groups is 2. The van der Waals surface area contributed by atoms with Crippen LogP contribution in [0.25, 0.3) is 0 Å². The van der Waals surface area contributed by atoms with Gasteiger partial charge in [0, 0.05) is 52.3 Å². The molecule has 1 amide bonds. The molecule has 1 aromatic rings. The highest BCUT2D eigenvalue weighted by Gasteiger charge is 2.41. The number of nitrogens with one attached hydrogen (secondary N) is 1. The van der Waals surface area contributed by atoms with Crippen LogP contribution in [0.15, 0.2) is 62.4 Å². The maximum Gasteiger partial charge on any atom is 0.222 e. The average Bonchev–Trinajstić information content (AvgIpc) is 2.82. The smallest absolute Gasteiger partial charge is 0.222 e. The van der Waals surface area contributed by atoms with Crippen LogP contribution >= 0.6 is 23.2 Å². The molecule has 36 heavy (non-hydrogen) atoms. The van der Waals surface area contributed by atoms with Gasteiger partial charge in [0.05, 0.1) is 17.3 Å². The number of pyridine rings is 1. The molecule has 2 unspecified atom stereocenters. The number of allylic oxidation sites excluding steroid dienone is 5. The van der Waals surface area contributed by atoms with Crippen LogP contribution in [0.3, 0.4) is 0 Å². The summed E-state index contributed by atoms with van der Waals surface area (Å²) in [4.78, 5) is 25.4. The van der Waals surface area contributed by atoms with E-state index in [-0.39, 0.29) is 36.9 Å². The Labute approximate surface area is 222 Å². The fraction of sp³-hybridized carbons (Fsp3) is 0.407.